The van der Waals surface area contributed by atoms with Crippen molar-refractivity contribution in [3.05, 3.63) is 0 Å². The maximum Gasteiger partial charge on any atom is 0.239 e. The largest absolute Gasteiger partial charge is 0.338 e. The van der Waals surface area contributed by atoms with Crippen LogP contribution in [0.25, 0.3) is 0 Å². The van der Waals surface area contributed by atoms with Crippen LogP contribution in [0.2, 0.25) is 0 Å². The normalized spacial score (nSPS) is 21.8. The first-order valence-corrected chi connectivity index (χ1v) is 9.26. The molecule has 1 heterocycles. The monoisotopic (exact) mass is 339 g/mol. The van der Waals surface area contributed by atoms with Gasteiger partial charge in [-0.2, -0.15) is 0 Å². The summed E-state index contributed by atoms with van der Waals surface area (Å²) in [7, 11) is 0. The molecule has 2 N–H and O–H groups in total. The molecule has 1 aliphatic heterocycles. The second-order valence-electron chi connectivity index (χ2n) is 9.06. The van der Waals surface area contributed by atoms with Gasteiger partial charge < -0.3 is 15.5 Å². The van der Waals surface area contributed by atoms with Crippen LogP contribution in [0.1, 0.15) is 61.3 Å². The number of carbonyl (C=O) groups excluding carboxylic acids is 2. The summed E-state index contributed by atoms with van der Waals surface area (Å²) >= 11 is 0. The van der Waals surface area contributed by atoms with E-state index >= 15 is 0 Å². The van der Waals surface area contributed by atoms with Crippen molar-refractivity contribution >= 4 is 11.8 Å². The molecule has 1 rings (SSSR count). The molecule has 0 aromatic carbocycles. The first-order valence-electron chi connectivity index (χ1n) is 9.26. The predicted octanol–water partition coefficient (Wildman–Crippen LogP) is 2.49. The highest BCUT2D eigenvalue weighted by atomic mass is 16.2. The number of carbonyl (C=O) groups is 2. The Morgan fingerprint density at radius 3 is 2.21 bits per heavy atom. The molecule has 5 nitrogen and oxygen atoms in total. The highest BCUT2D eigenvalue weighted by Crippen LogP contribution is 2.27. The molecule has 0 spiro atoms. The fourth-order valence-corrected chi connectivity index (χ4v) is 3.56. The van der Waals surface area contributed by atoms with Crippen molar-refractivity contribution in [3.63, 3.8) is 0 Å². The molecule has 2 amide bonds. The standard InChI is InChI=1S/C19H37N3O2/c1-13(2)17(20)18(24)21-8-9-22(15(4)12-21)16(23)10-14(3)11-19(5,6)7/h13-15,17H,8-12,20H2,1-7H3/t14-,15-,17+/m0/s1. The van der Waals surface area contributed by atoms with E-state index in [0.29, 0.717) is 32.0 Å². The Kier molecular flexibility index (Phi) is 7.26. The van der Waals surface area contributed by atoms with E-state index in [0.717, 1.165) is 6.42 Å². The Bertz CT molecular complexity index is 442. The molecule has 24 heavy (non-hydrogen) atoms. The first-order chi connectivity index (χ1) is 10.9. The van der Waals surface area contributed by atoms with Crippen molar-refractivity contribution in [2.45, 2.75) is 73.4 Å². The summed E-state index contributed by atoms with van der Waals surface area (Å²) in [6.45, 7) is 16.5. The van der Waals surface area contributed by atoms with Crippen LogP contribution >= 0.6 is 0 Å². The molecular weight excluding hydrogens is 302 g/mol. The molecule has 0 aromatic heterocycles. The number of amides is 2. The van der Waals surface area contributed by atoms with Crippen molar-refractivity contribution in [3.8, 4) is 0 Å². The maximum atomic E-state index is 12.6. The first kappa shape index (κ1) is 20.9. The Morgan fingerprint density at radius 1 is 1.17 bits per heavy atom. The molecule has 1 aliphatic rings. The van der Waals surface area contributed by atoms with Gasteiger partial charge in [-0.05, 0) is 30.6 Å². The molecule has 1 saturated heterocycles. The van der Waals surface area contributed by atoms with Crippen LogP contribution in [-0.2, 0) is 9.59 Å². The van der Waals surface area contributed by atoms with E-state index < -0.39 is 6.04 Å². The lowest BCUT2D eigenvalue weighted by molar-refractivity contribution is -0.144. The Labute approximate surface area is 147 Å². The molecule has 0 unspecified atom stereocenters. The third-order valence-corrected chi connectivity index (χ3v) is 4.75. The van der Waals surface area contributed by atoms with Crippen molar-refractivity contribution in [2.24, 2.45) is 23.0 Å². The third-order valence-electron chi connectivity index (χ3n) is 4.75. The van der Waals surface area contributed by atoms with Crippen LogP contribution in [-0.4, -0.2) is 53.3 Å². The van der Waals surface area contributed by atoms with Gasteiger partial charge in [-0.15, -0.1) is 0 Å². The number of nitrogens with zero attached hydrogens (tertiary/aromatic N) is 2. The summed E-state index contributed by atoms with van der Waals surface area (Å²) in [6, 6.07) is -0.400. The van der Waals surface area contributed by atoms with Crippen LogP contribution in [0.5, 0.6) is 0 Å². The SMILES string of the molecule is CC(C)[C@@H](N)C(=O)N1CCN(C(=O)C[C@H](C)CC(C)(C)C)[C@@H](C)C1. The van der Waals surface area contributed by atoms with Gasteiger partial charge >= 0.3 is 0 Å². The van der Waals surface area contributed by atoms with E-state index in [2.05, 4.69) is 27.7 Å². The van der Waals surface area contributed by atoms with Gasteiger partial charge in [0.1, 0.15) is 0 Å². The number of piperazine rings is 1. The summed E-state index contributed by atoms with van der Waals surface area (Å²) in [5.41, 5.74) is 6.22. The highest BCUT2D eigenvalue weighted by molar-refractivity contribution is 5.82. The number of hydrogen-bond acceptors (Lipinski definition) is 3. The van der Waals surface area contributed by atoms with Crippen LogP contribution in [0.3, 0.4) is 0 Å². The van der Waals surface area contributed by atoms with E-state index in [1.807, 2.05) is 30.6 Å². The quantitative estimate of drug-likeness (QED) is 0.837. The van der Waals surface area contributed by atoms with Crippen molar-refractivity contribution < 1.29 is 9.59 Å². The average Bonchev–Trinajstić information content (AvgIpc) is 2.42. The van der Waals surface area contributed by atoms with Gasteiger partial charge in [0.25, 0.3) is 0 Å². The second kappa shape index (κ2) is 8.32. The molecule has 0 aromatic rings. The van der Waals surface area contributed by atoms with Gasteiger partial charge in [-0.1, -0.05) is 41.5 Å². The van der Waals surface area contributed by atoms with Gasteiger partial charge in [0.15, 0.2) is 0 Å². The summed E-state index contributed by atoms with van der Waals surface area (Å²) < 4.78 is 0. The second-order valence-corrected chi connectivity index (χ2v) is 9.06. The molecule has 140 valence electrons. The predicted molar refractivity (Wildman–Crippen MR) is 98.4 cm³/mol. The number of hydrogen-bond donors (Lipinski definition) is 1. The molecule has 0 aliphatic carbocycles. The van der Waals surface area contributed by atoms with Crippen LogP contribution in [0.15, 0.2) is 0 Å². The summed E-state index contributed by atoms with van der Waals surface area (Å²) in [5.74, 6) is 0.717. The van der Waals surface area contributed by atoms with E-state index in [1.54, 1.807) is 0 Å². The molecule has 3 atom stereocenters. The van der Waals surface area contributed by atoms with Gasteiger partial charge in [0.05, 0.1) is 6.04 Å². The Morgan fingerprint density at radius 2 is 1.75 bits per heavy atom. The minimum atomic E-state index is -0.453. The van der Waals surface area contributed by atoms with Crippen molar-refractivity contribution in [1.29, 1.82) is 0 Å². The molecule has 0 radical (unpaired) electrons. The van der Waals surface area contributed by atoms with Gasteiger partial charge in [0, 0.05) is 32.1 Å². The number of rotatable bonds is 5. The van der Waals surface area contributed by atoms with Crippen LogP contribution in [0, 0.1) is 17.3 Å². The Hall–Kier alpha value is -1.10. The summed E-state index contributed by atoms with van der Waals surface area (Å²) in [4.78, 5) is 28.8. The van der Waals surface area contributed by atoms with Gasteiger partial charge in [-0.25, -0.2) is 0 Å². The third kappa shape index (κ3) is 6.08. The lowest BCUT2D eigenvalue weighted by Crippen LogP contribution is -2.58. The van der Waals surface area contributed by atoms with Crippen LogP contribution in [0.4, 0.5) is 0 Å². The minimum Gasteiger partial charge on any atom is -0.338 e. The van der Waals surface area contributed by atoms with Crippen molar-refractivity contribution in [2.75, 3.05) is 19.6 Å². The highest BCUT2D eigenvalue weighted by Gasteiger charge is 2.33. The topological polar surface area (TPSA) is 66.6 Å². The zero-order valence-corrected chi connectivity index (χ0v) is 16.6. The van der Waals surface area contributed by atoms with E-state index in [1.165, 1.54) is 0 Å². The van der Waals surface area contributed by atoms with E-state index in [9.17, 15) is 9.59 Å². The summed E-state index contributed by atoms with van der Waals surface area (Å²) in [5, 5.41) is 0. The van der Waals surface area contributed by atoms with E-state index in [4.69, 9.17) is 5.73 Å². The summed E-state index contributed by atoms with van der Waals surface area (Å²) in [6.07, 6.45) is 1.62. The average molecular weight is 340 g/mol. The van der Waals surface area contributed by atoms with Crippen LogP contribution < -0.4 is 5.73 Å². The fraction of sp³-hybridized carbons (Fsp3) is 0.895. The zero-order chi connectivity index (χ0) is 18.7. The molecular formula is C19H37N3O2. The molecule has 5 heteroatoms. The minimum absolute atomic E-state index is 0.00468. The fourth-order valence-electron chi connectivity index (χ4n) is 3.56. The zero-order valence-electron chi connectivity index (χ0n) is 16.6. The smallest absolute Gasteiger partial charge is 0.239 e. The lowest BCUT2D eigenvalue weighted by atomic mass is 9.84. The molecule has 1 fully saturated rings. The van der Waals surface area contributed by atoms with Crippen molar-refractivity contribution in [1.82, 2.24) is 9.80 Å². The molecule has 0 saturated carbocycles. The van der Waals surface area contributed by atoms with Gasteiger partial charge in [0.2, 0.25) is 11.8 Å². The van der Waals surface area contributed by atoms with Gasteiger partial charge in [-0.3, -0.25) is 9.59 Å². The maximum absolute atomic E-state index is 12.6. The molecule has 0 bridgehead atoms. The number of nitrogens with two attached hydrogens (primary N) is 1. The lowest BCUT2D eigenvalue weighted by Gasteiger charge is -2.41. The Balaban J connectivity index is 2.57. The van der Waals surface area contributed by atoms with E-state index in [-0.39, 0.29) is 29.2 Å².